The largest absolute Gasteiger partial charge is 0.367 e. The van der Waals surface area contributed by atoms with Crippen LogP contribution in [0.5, 0.6) is 0 Å². The number of hydrogen-bond acceptors (Lipinski definition) is 3. The first kappa shape index (κ1) is 11.5. The number of aromatic nitrogens is 1. The molecule has 0 aliphatic carbocycles. The fraction of sp³-hybridized carbons (Fsp3) is 0.444. The van der Waals surface area contributed by atoms with Crippen LogP contribution in [0.15, 0.2) is 18.2 Å². The third kappa shape index (κ3) is 4.07. The van der Waals surface area contributed by atoms with Crippen LogP contribution >= 0.6 is 11.6 Å². The van der Waals surface area contributed by atoms with E-state index in [9.17, 15) is 4.21 Å². The summed E-state index contributed by atoms with van der Waals surface area (Å²) in [5, 5.41) is 3.58. The van der Waals surface area contributed by atoms with Gasteiger partial charge in [-0.3, -0.25) is 4.21 Å². The SMILES string of the molecule is CC(CS(C)=O)Nc1cccc(Cl)n1. The molecular weight excluding hydrogens is 220 g/mol. The maximum atomic E-state index is 10.9. The monoisotopic (exact) mass is 232 g/mol. The topological polar surface area (TPSA) is 42.0 Å². The fourth-order valence-corrected chi connectivity index (χ4v) is 2.09. The molecule has 0 spiro atoms. The molecule has 2 unspecified atom stereocenters. The Morgan fingerprint density at radius 3 is 2.93 bits per heavy atom. The van der Waals surface area contributed by atoms with Crippen molar-refractivity contribution in [3.63, 3.8) is 0 Å². The molecule has 0 fully saturated rings. The average Bonchev–Trinajstić information content (AvgIpc) is 2.01. The van der Waals surface area contributed by atoms with Gasteiger partial charge in [0.15, 0.2) is 0 Å². The van der Waals surface area contributed by atoms with E-state index in [1.165, 1.54) is 0 Å². The van der Waals surface area contributed by atoms with Crippen LogP contribution in [0.25, 0.3) is 0 Å². The van der Waals surface area contributed by atoms with Gasteiger partial charge in [-0.15, -0.1) is 0 Å². The number of halogens is 1. The molecule has 0 amide bonds. The molecule has 2 atom stereocenters. The van der Waals surface area contributed by atoms with Crippen molar-refractivity contribution < 1.29 is 4.21 Å². The van der Waals surface area contributed by atoms with Gasteiger partial charge in [0.2, 0.25) is 0 Å². The molecule has 5 heteroatoms. The van der Waals surface area contributed by atoms with Gasteiger partial charge in [0.05, 0.1) is 0 Å². The van der Waals surface area contributed by atoms with E-state index < -0.39 is 10.8 Å². The second-order valence-corrected chi connectivity index (χ2v) is 5.00. The molecule has 0 saturated heterocycles. The summed E-state index contributed by atoms with van der Waals surface area (Å²) < 4.78 is 10.9. The molecule has 0 aliphatic heterocycles. The normalized spacial score (nSPS) is 14.8. The van der Waals surface area contributed by atoms with E-state index >= 15 is 0 Å². The third-order valence-corrected chi connectivity index (χ3v) is 2.77. The predicted octanol–water partition coefficient (Wildman–Crippen LogP) is 1.91. The summed E-state index contributed by atoms with van der Waals surface area (Å²) in [6.45, 7) is 1.96. The lowest BCUT2D eigenvalue weighted by molar-refractivity contribution is 0.683. The first-order valence-corrected chi connectivity index (χ1v) is 6.37. The van der Waals surface area contributed by atoms with Crippen LogP contribution in [0.2, 0.25) is 5.15 Å². The standard InChI is InChI=1S/C9H13ClN2OS/c1-7(6-14(2)13)11-9-5-3-4-8(10)12-9/h3-5,7H,6H2,1-2H3,(H,11,12). The maximum absolute atomic E-state index is 10.9. The van der Waals surface area contributed by atoms with Crippen LogP contribution in [-0.4, -0.2) is 27.2 Å². The first-order valence-electron chi connectivity index (χ1n) is 4.27. The minimum absolute atomic E-state index is 0.131. The van der Waals surface area contributed by atoms with Gasteiger partial charge in [-0.1, -0.05) is 17.7 Å². The Morgan fingerprint density at radius 1 is 1.64 bits per heavy atom. The van der Waals surface area contributed by atoms with E-state index in [0.29, 0.717) is 10.9 Å². The van der Waals surface area contributed by atoms with Gasteiger partial charge in [-0.05, 0) is 19.1 Å². The lowest BCUT2D eigenvalue weighted by Crippen LogP contribution is -2.22. The number of nitrogens with zero attached hydrogens (tertiary/aromatic N) is 1. The molecule has 1 aromatic rings. The molecule has 14 heavy (non-hydrogen) atoms. The van der Waals surface area contributed by atoms with Gasteiger partial charge in [-0.2, -0.15) is 0 Å². The second kappa shape index (κ2) is 5.32. The van der Waals surface area contributed by atoms with Crippen molar-refractivity contribution in [2.45, 2.75) is 13.0 Å². The van der Waals surface area contributed by atoms with Crippen molar-refractivity contribution in [3.8, 4) is 0 Å². The van der Waals surface area contributed by atoms with Gasteiger partial charge in [0, 0.05) is 28.9 Å². The highest BCUT2D eigenvalue weighted by Gasteiger charge is 2.04. The molecule has 0 aromatic carbocycles. The molecule has 0 saturated carbocycles. The van der Waals surface area contributed by atoms with E-state index in [1.807, 2.05) is 19.1 Å². The minimum atomic E-state index is -0.798. The number of pyridine rings is 1. The predicted molar refractivity (Wildman–Crippen MR) is 61.3 cm³/mol. The fourth-order valence-electron chi connectivity index (χ4n) is 1.13. The van der Waals surface area contributed by atoms with Crippen molar-refractivity contribution in [1.82, 2.24) is 4.98 Å². The van der Waals surface area contributed by atoms with Crippen LogP contribution in [-0.2, 0) is 10.8 Å². The Labute approximate surface area is 91.3 Å². The zero-order valence-corrected chi connectivity index (χ0v) is 9.73. The van der Waals surface area contributed by atoms with Crippen LogP contribution < -0.4 is 5.32 Å². The third-order valence-electron chi connectivity index (χ3n) is 1.59. The average molecular weight is 233 g/mol. The zero-order valence-electron chi connectivity index (χ0n) is 8.16. The van der Waals surface area contributed by atoms with Crippen LogP contribution in [0.1, 0.15) is 6.92 Å². The van der Waals surface area contributed by atoms with Gasteiger partial charge >= 0.3 is 0 Å². The number of rotatable bonds is 4. The van der Waals surface area contributed by atoms with Crippen molar-refractivity contribution in [2.75, 3.05) is 17.3 Å². The van der Waals surface area contributed by atoms with Crippen molar-refractivity contribution >= 4 is 28.2 Å². The minimum Gasteiger partial charge on any atom is -0.367 e. The maximum Gasteiger partial charge on any atom is 0.131 e. The summed E-state index contributed by atoms with van der Waals surface area (Å²) in [4.78, 5) is 4.08. The van der Waals surface area contributed by atoms with Crippen molar-refractivity contribution in [1.29, 1.82) is 0 Å². The van der Waals surface area contributed by atoms with Gasteiger partial charge in [0.25, 0.3) is 0 Å². The Balaban J connectivity index is 2.55. The van der Waals surface area contributed by atoms with E-state index in [-0.39, 0.29) is 6.04 Å². The molecule has 1 rings (SSSR count). The summed E-state index contributed by atoms with van der Waals surface area (Å²) >= 11 is 5.72. The molecule has 0 bridgehead atoms. The van der Waals surface area contributed by atoms with Crippen LogP contribution in [0.4, 0.5) is 5.82 Å². The van der Waals surface area contributed by atoms with Crippen molar-refractivity contribution in [2.24, 2.45) is 0 Å². The molecule has 78 valence electrons. The Bertz CT molecular complexity index is 332. The van der Waals surface area contributed by atoms with Gasteiger partial charge in [0.1, 0.15) is 11.0 Å². The number of nitrogens with one attached hydrogen (secondary N) is 1. The molecule has 3 nitrogen and oxygen atoms in total. The van der Waals surface area contributed by atoms with Gasteiger partial charge in [-0.25, -0.2) is 4.98 Å². The number of hydrogen-bond donors (Lipinski definition) is 1. The lowest BCUT2D eigenvalue weighted by Gasteiger charge is -2.12. The van der Waals surface area contributed by atoms with E-state index in [0.717, 1.165) is 5.82 Å². The summed E-state index contributed by atoms with van der Waals surface area (Å²) in [5.41, 5.74) is 0. The highest BCUT2D eigenvalue weighted by molar-refractivity contribution is 7.84. The second-order valence-electron chi connectivity index (χ2n) is 3.13. The lowest BCUT2D eigenvalue weighted by atomic mass is 10.4. The quantitative estimate of drug-likeness (QED) is 0.807. The molecule has 1 aromatic heterocycles. The highest BCUT2D eigenvalue weighted by Crippen LogP contribution is 2.10. The van der Waals surface area contributed by atoms with E-state index in [2.05, 4.69) is 10.3 Å². The molecule has 0 aliphatic rings. The highest BCUT2D eigenvalue weighted by atomic mass is 35.5. The Hall–Kier alpha value is -0.610. The van der Waals surface area contributed by atoms with E-state index in [1.54, 1.807) is 12.3 Å². The van der Waals surface area contributed by atoms with E-state index in [4.69, 9.17) is 11.6 Å². The molecule has 0 radical (unpaired) electrons. The summed E-state index contributed by atoms with van der Waals surface area (Å²) in [6, 6.07) is 5.51. The van der Waals surface area contributed by atoms with Crippen LogP contribution in [0.3, 0.4) is 0 Å². The number of anilines is 1. The summed E-state index contributed by atoms with van der Waals surface area (Å²) in [5.74, 6) is 1.32. The first-order chi connectivity index (χ1) is 6.58. The van der Waals surface area contributed by atoms with Crippen LogP contribution in [0, 0.1) is 0 Å². The summed E-state index contributed by atoms with van der Waals surface area (Å²) in [6.07, 6.45) is 1.68. The Kier molecular flexibility index (Phi) is 4.35. The van der Waals surface area contributed by atoms with Gasteiger partial charge < -0.3 is 5.32 Å². The smallest absolute Gasteiger partial charge is 0.131 e. The Morgan fingerprint density at radius 2 is 2.36 bits per heavy atom. The molecule has 1 heterocycles. The zero-order chi connectivity index (χ0) is 10.6. The summed E-state index contributed by atoms with van der Waals surface area (Å²) in [7, 11) is -0.798. The molecular formula is C9H13ClN2OS. The molecule has 1 N–H and O–H groups in total. The van der Waals surface area contributed by atoms with Crippen molar-refractivity contribution in [3.05, 3.63) is 23.4 Å².